The summed E-state index contributed by atoms with van der Waals surface area (Å²) in [5, 5.41) is 12.1. The smallest absolute Gasteiger partial charge is 0.238 e. The van der Waals surface area contributed by atoms with E-state index in [1.54, 1.807) is 0 Å². The van der Waals surface area contributed by atoms with E-state index in [1.165, 1.54) is 4.31 Å². The van der Waals surface area contributed by atoms with Crippen molar-refractivity contribution in [3.05, 3.63) is 0 Å². The monoisotopic (exact) mass is 292 g/mol. The van der Waals surface area contributed by atoms with Gasteiger partial charge >= 0.3 is 0 Å². The molecule has 19 heavy (non-hydrogen) atoms. The molecule has 0 aromatic carbocycles. The van der Waals surface area contributed by atoms with Crippen molar-refractivity contribution >= 4 is 15.9 Å². The molecule has 0 radical (unpaired) electrons. The third-order valence-electron chi connectivity index (χ3n) is 3.43. The Hall–Kier alpha value is -0.660. The first-order valence-electron chi connectivity index (χ1n) is 6.78. The summed E-state index contributed by atoms with van der Waals surface area (Å²) in [5.74, 6) is -0.256. The Balaban J connectivity index is 2.53. The number of carbonyl (C=O) groups excluding carboxylic acids is 1. The number of piperidine rings is 1. The largest absolute Gasteiger partial charge is 0.393 e. The van der Waals surface area contributed by atoms with Gasteiger partial charge in [-0.05, 0) is 25.7 Å². The van der Waals surface area contributed by atoms with E-state index in [2.05, 4.69) is 5.32 Å². The van der Waals surface area contributed by atoms with Crippen molar-refractivity contribution in [2.24, 2.45) is 0 Å². The first kappa shape index (κ1) is 16.4. The normalized spacial score (nSPS) is 23.0. The second-order valence-electron chi connectivity index (χ2n) is 5.03. The number of hydrogen-bond acceptors (Lipinski definition) is 4. The third kappa shape index (κ3) is 5.08. The molecule has 1 aliphatic heterocycles. The van der Waals surface area contributed by atoms with Crippen LogP contribution in [-0.2, 0) is 14.8 Å². The summed E-state index contributed by atoms with van der Waals surface area (Å²) in [6.07, 6.45) is 4.09. The third-order valence-corrected chi connectivity index (χ3v) is 4.72. The molecule has 0 aromatic heterocycles. The van der Waals surface area contributed by atoms with E-state index in [9.17, 15) is 18.3 Å². The Morgan fingerprint density at radius 2 is 2.16 bits per heavy atom. The van der Waals surface area contributed by atoms with Gasteiger partial charge in [-0.3, -0.25) is 4.79 Å². The highest BCUT2D eigenvalue weighted by molar-refractivity contribution is 7.88. The van der Waals surface area contributed by atoms with Gasteiger partial charge in [0.05, 0.1) is 12.4 Å². The maximum atomic E-state index is 12.0. The number of hydrogen-bond donors (Lipinski definition) is 2. The van der Waals surface area contributed by atoms with Gasteiger partial charge in [0, 0.05) is 13.1 Å². The number of amides is 1. The van der Waals surface area contributed by atoms with E-state index in [4.69, 9.17) is 0 Å². The van der Waals surface area contributed by atoms with Crippen LogP contribution in [-0.4, -0.2) is 55.2 Å². The molecule has 1 rings (SSSR count). The molecule has 0 aromatic rings. The fraction of sp³-hybridized carbons (Fsp3) is 0.917. The highest BCUT2D eigenvalue weighted by atomic mass is 32.2. The maximum absolute atomic E-state index is 12.0. The van der Waals surface area contributed by atoms with Crippen LogP contribution in [0.4, 0.5) is 0 Å². The molecular formula is C12H24N2O4S. The Kier molecular flexibility index (Phi) is 6.22. The summed E-state index contributed by atoms with van der Waals surface area (Å²) in [7, 11) is -3.34. The molecule has 1 amide bonds. The molecule has 6 nitrogen and oxygen atoms in total. The molecule has 0 aliphatic carbocycles. The van der Waals surface area contributed by atoms with Crippen LogP contribution in [0, 0.1) is 0 Å². The van der Waals surface area contributed by atoms with Crippen LogP contribution in [0.3, 0.4) is 0 Å². The van der Waals surface area contributed by atoms with Crippen LogP contribution in [0.25, 0.3) is 0 Å². The Morgan fingerprint density at radius 3 is 2.74 bits per heavy atom. The zero-order valence-electron chi connectivity index (χ0n) is 11.6. The van der Waals surface area contributed by atoms with Crippen molar-refractivity contribution < 1.29 is 18.3 Å². The summed E-state index contributed by atoms with van der Waals surface area (Å²) in [6.45, 7) is 2.66. The molecule has 1 fully saturated rings. The Morgan fingerprint density at radius 1 is 1.47 bits per heavy atom. The van der Waals surface area contributed by atoms with E-state index < -0.39 is 22.2 Å². The molecule has 2 unspecified atom stereocenters. The van der Waals surface area contributed by atoms with Crippen molar-refractivity contribution in [3.8, 4) is 0 Å². The van der Waals surface area contributed by atoms with E-state index in [1.807, 2.05) is 6.92 Å². The summed E-state index contributed by atoms with van der Waals surface area (Å²) in [5.41, 5.74) is 0. The van der Waals surface area contributed by atoms with Gasteiger partial charge in [0.1, 0.15) is 6.04 Å². The SMILES string of the molecule is CCC(O)CCNC(=O)C1CCCCN1S(C)(=O)=O. The fourth-order valence-electron chi connectivity index (χ4n) is 2.25. The zero-order chi connectivity index (χ0) is 14.5. The average Bonchev–Trinajstić information content (AvgIpc) is 2.37. The van der Waals surface area contributed by atoms with Crippen molar-refractivity contribution in [3.63, 3.8) is 0 Å². The van der Waals surface area contributed by atoms with E-state index in [0.29, 0.717) is 32.4 Å². The highest BCUT2D eigenvalue weighted by Crippen LogP contribution is 2.19. The Bertz CT molecular complexity index is 397. The topological polar surface area (TPSA) is 86.7 Å². The number of nitrogens with one attached hydrogen (secondary N) is 1. The summed E-state index contributed by atoms with van der Waals surface area (Å²) >= 11 is 0. The van der Waals surface area contributed by atoms with Gasteiger partial charge in [-0.25, -0.2) is 8.42 Å². The Labute approximate surface area is 115 Å². The molecule has 7 heteroatoms. The lowest BCUT2D eigenvalue weighted by Gasteiger charge is -2.32. The number of carbonyl (C=O) groups is 1. The fourth-order valence-corrected chi connectivity index (χ4v) is 3.37. The summed E-state index contributed by atoms with van der Waals surface area (Å²) < 4.78 is 24.6. The lowest BCUT2D eigenvalue weighted by Crippen LogP contribution is -2.51. The van der Waals surface area contributed by atoms with Gasteiger partial charge in [-0.15, -0.1) is 0 Å². The van der Waals surface area contributed by atoms with Crippen LogP contribution in [0.15, 0.2) is 0 Å². The molecule has 112 valence electrons. The van der Waals surface area contributed by atoms with Crippen LogP contribution in [0.2, 0.25) is 0 Å². The van der Waals surface area contributed by atoms with Crippen molar-refractivity contribution in [2.75, 3.05) is 19.3 Å². The molecule has 0 bridgehead atoms. The van der Waals surface area contributed by atoms with Crippen molar-refractivity contribution in [1.29, 1.82) is 0 Å². The molecule has 1 aliphatic rings. The molecule has 0 saturated carbocycles. The molecule has 0 spiro atoms. The summed E-state index contributed by atoms with van der Waals surface area (Å²) in [4.78, 5) is 12.0. The predicted molar refractivity (Wildman–Crippen MR) is 73.1 cm³/mol. The van der Waals surface area contributed by atoms with Gasteiger partial charge in [-0.2, -0.15) is 4.31 Å². The lowest BCUT2D eigenvalue weighted by atomic mass is 10.0. The maximum Gasteiger partial charge on any atom is 0.238 e. The van der Waals surface area contributed by atoms with Crippen LogP contribution >= 0.6 is 0 Å². The van der Waals surface area contributed by atoms with Crippen LogP contribution < -0.4 is 5.32 Å². The average molecular weight is 292 g/mol. The molecule has 1 heterocycles. The minimum Gasteiger partial charge on any atom is -0.393 e. The lowest BCUT2D eigenvalue weighted by molar-refractivity contribution is -0.125. The van der Waals surface area contributed by atoms with E-state index in [0.717, 1.165) is 19.1 Å². The van der Waals surface area contributed by atoms with Crippen molar-refractivity contribution in [1.82, 2.24) is 9.62 Å². The standard InChI is InChI=1S/C12H24N2O4S/c1-3-10(15)7-8-13-12(16)11-6-4-5-9-14(11)19(2,17)18/h10-11,15H,3-9H2,1-2H3,(H,13,16). The number of rotatable bonds is 6. The van der Waals surface area contributed by atoms with Gasteiger partial charge in [0.15, 0.2) is 0 Å². The minimum atomic E-state index is -3.34. The second-order valence-corrected chi connectivity index (χ2v) is 6.96. The predicted octanol–water partition coefficient (Wildman–Crippen LogP) is 0.0777. The van der Waals surface area contributed by atoms with Crippen molar-refractivity contribution in [2.45, 2.75) is 51.2 Å². The molecule has 2 atom stereocenters. The number of aliphatic hydroxyl groups excluding tert-OH is 1. The second kappa shape index (κ2) is 7.21. The summed E-state index contributed by atoms with van der Waals surface area (Å²) in [6, 6.07) is -0.595. The van der Waals surface area contributed by atoms with Crippen LogP contribution in [0.5, 0.6) is 0 Å². The quantitative estimate of drug-likeness (QED) is 0.726. The first-order valence-corrected chi connectivity index (χ1v) is 8.63. The minimum absolute atomic E-state index is 0.256. The van der Waals surface area contributed by atoms with Gasteiger partial charge in [0.2, 0.25) is 15.9 Å². The molecule has 1 saturated heterocycles. The number of sulfonamides is 1. The highest BCUT2D eigenvalue weighted by Gasteiger charge is 2.34. The number of aliphatic hydroxyl groups is 1. The van der Waals surface area contributed by atoms with E-state index in [-0.39, 0.29) is 5.91 Å². The van der Waals surface area contributed by atoms with Gasteiger partial charge in [0.25, 0.3) is 0 Å². The van der Waals surface area contributed by atoms with Gasteiger partial charge in [-0.1, -0.05) is 13.3 Å². The van der Waals surface area contributed by atoms with Gasteiger partial charge < -0.3 is 10.4 Å². The molecule has 2 N–H and O–H groups in total. The first-order chi connectivity index (χ1) is 8.86. The van der Waals surface area contributed by atoms with Crippen LogP contribution in [0.1, 0.15) is 39.0 Å². The van der Waals surface area contributed by atoms with E-state index >= 15 is 0 Å². The molecular weight excluding hydrogens is 268 g/mol. The zero-order valence-corrected chi connectivity index (χ0v) is 12.4. The number of nitrogens with zero attached hydrogens (tertiary/aromatic N) is 1.